The zero-order chi connectivity index (χ0) is 23.9. The van der Waals surface area contributed by atoms with Gasteiger partial charge in [0.25, 0.3) is 0 Å². The number of phenolic OH excluding ortho intramolecular Hbond substituents is 2. The monoisotopic (exact) mass is 449 g/mol. The Bertz CT molecular complexity index is 941. The van der Waals surface area contributed by atoms with E-state index in [1.165, 1.54) is 14.2 Å². The highest BCUT2D eigenvalue weighted by molar-refractivity contribution is 7.77. The van der Waals surface area contributed by atoms with Crippen LogP contribution in [-0.4, -0.2) is 43.2 Å². The van der Waals surface area contributed by atoms with E-state index in [4.69, 9.17) is 9.47 Å². The second kappa shape index (κ2) is 8.40. The Hall–Kier alpha value is -2.17. The Morgan fingerprint density at radius 1 is 0.742 bits per heavy atom. The van der Waals surface area contributed by atoms with E-state index in [9.17, 15) is 14.8 Å². The molecule has 0 amide bonds. The predicted octanol–water partition coefficient (Wildman–Crippen LogP) is 4.50. The van der Waals surface area contributed by atoms with E-state index in [1.807, 2.05) is 41.5 Å². The molecule has 0 fully saturated rings. The average molecular weight is 450 g/mol. The van der Waals surface area contributed by atoms with Crippen molar-refractivity contribution in [1.82, 2.24) is 4.67 Å². The van der Waals surface area contributed by atoms with E-state index >= 15 is 0 Å². The number of rotatable bonds is 5. The van der Waals surface area contributed by atoms with Crippen molar-refractivity contribution in [2.45, 2.75) is 52.4 Å². The van der Waals surface area contributed by atoms with E-state index < -0.39 is 18.1 Å². The zero-order valence-electron chi connectivity index (χ0n) is 20.3. The summed E-state index contributed by atoms with van der Waals surface area (Å²) in [5, 5.41) is 23.0. The molecular formula is C24H36NO5P. The smallest absolute Gasteiger partial charge is 0.214 e. The Labute approximate surface area is 186 Å². The van der Waals surface area contributed by atoms with Gasteiger partial charge in [-0.3, -0.25) is 9.24 Å². The molecule has 0 aliphatic carbocycles. The van der Waals surface area contributed by atoms with Crippen molar-refractivity contribution in [3.05, 3.63) is 35.4 Å². The van der Waals surface area contributed by atoms with E-state index in [-0.39, 0.29) is 22.1 Å². The minimum atomic E-state index is -3.67. The molecule has 31 heavy (non-hydrogen) atoms. The molecule has 2 N–H and O–H groups in total. The first-order chi connectivity index (χ1) is 14.1. The topological polar surface area (TPSA) is 79.2 Å². The maximum atomic E-state index is 14.7. The fourth-order valence-electron chi connectivity index (χ4n) is 3.59. The second-order valence-electron chi connectivity index (χ2n) is 10.0. The Balaban J connectivity index is 3.03. The average Bonchev–Trinajstić information content (AvgIpc) is 2.65. The molecule has 0 aromatic heterocycles. The number of hydrogen-bond donors (Lipinski definition) is 2. The third kappa shape index (κ3) is 4.56. The van der Waals surface area contributed by atoms with Gasteiger partial charge in [-0.2, -0.15) is 0 Å². The summed E-state index contributed by atoms with van der Waals surface area (Å²) < 4.78 is 27.2. The number of aromatic hydroxyl groups is 2. The standard InChI is InChI=1S/C24H36NO5P/c1-23(2,3)17-11-15(29-9)13-19(21(17)26)31(28,25(7)8)20-14-16(30-10)12-18(22(20)27)24(4,5)6/h11-14,26-27H,1-10H3. The molecule has 0 radical (unpaired) electrons. The van der Waals surface area contributed by atoms with Crippen LogP contribution in [0.3, 0.4) is 0 Å². The lowest BCUT2D eigenvalue weighted by Gasteiger charge is -2.32. The van der Waals surface area contributed by atoms with Crippen LogP contribution in [0.25, 0.3) is 0 Å². The first kappa shape index (κ1) is 25.1. The van der Waals surface area contributed by atoms with Gasteiger partial charge in [0, 0.05) is 11.1 Å². The summed E-state index contributed by atoms with van der Waals surface area (Å²) in [4.78, 5) is 0. The lowest BCUT2D eigenvalue weighted by Crippen LogP contribution is -2.30. The van der Waals surface area contributed by atoms with Gasteiger partial charge in [0.05, 0.1) is 24.8 Å². The summed E-state index contributed by atoms with van der Waals surface area (Å²) in [7, 11) is 2.74. The van der Waals surface area contributed by atoms with Crippen LogP contribution in [0, 0.1) is 0 Å². The highest BCUT2D eigenvalue weighted by Crippen LogP contribution is 2.53. The van der Waals surface area contributed by atoms with Crippen molar-refractivity contribution >= 4 is 17.9 Å². The van der Waals surface area contributed by atoms with Crippen molar-refractivity contribution in [1.29, 1.82) is 0 Å². The predicted molar refractivity (Wildman–Crippen MR) is 127 cm³/mol. The summed E-state index contributed by atoms with van der Waals surface area (Å²) in [6, 6.07) is 6.68. The molecule has 7 heteroatoms. The summed E-state index contributed by atoms with van der Waals surface area (Å²) in [6.07, 6.45) is 0. The quantitative estimate of drug-likeness (QED) is 0.655. The molecule has 0 saturated carbocycles. The fourth-order valence-corrected chi connectivity index (χ4v) is 6.13. The van der Waals surface area contributed by atoms with Crippen LogP contribution in [0.2, 0.25) is 0 Å². The van der Waals surface area contributed by atoms with E-state index in [0.29, 0.717) is 22.6 Å². The van der Waals surface area contributed by atoms with Crippen LogP contribution < -0.4 is 20.1 Å². The van der Waals surface area contributed by atoms with Crippen LogP contribution in [0.1, 0.15) is 52.7 Å². The largest absolute Gasteiger partial charge is 0.507 e. The van der Waals surface area contributed by atoms with Crippen LogP contribution >= 0.6 is 7.29 Å². The molecule has 172 valence electrons. The van der Waals surface area contributed by atoms with Crippen molar-refractivity contribution in [2.24, 2.45) is 0 Å². The molecular weight excluding hydrogens is 413 g/mol. The van der Waals surface area contributed by atoms with Gasteiger partial charge in [-0.05, 0) is 49.2 Å². The molecule has 6 nitrogen and oxygen atoms in total. The van der Waals surface area contributed by atoms with E-state index in [2.05, 4.69) is 0 Å². The minimum absolute atomic E-state index is 0.0649. The number of methoxy groups -OCH3 is 2. The van der Waals surface area contributed by atoms with Gasteiger partial charge in [0.2, 0.25) is 7.29 Å². The first-order valence-corrected chi connectivity index (χ1v) is 11.9. The van der Waals surface area contributed by atoms with Crippen LogP contribution in [0.15, 0.2) is 24.3 Å². The molecule has 0 heterocycles. The third-order valence-corrected chi connectivity index (χ3v) is 8.54. The molecule has 0 bridgehead atoms. The van der Waals surface area contributed by atoms with Gasteiger partial charge in [-0.25, -0.2) is 0 Å². The molecule has 0 unspecified atom stereocenters. The first-order valence-electron chi connectivity index (χ1n) is 10.2. The summed E-state index contributed by atoms with van der Waals surface area (Å²) in [5.74, 6) is 0.839. The minimum Gasteiger partial charge on any atom is -0.507 e. The normalized spacial score (nSPS) is 12.9. The second-order valence-corrected chi connectivity index (χ2v) is 12.9. The molecule has 0 atom stereocenters. The SMILES string of the molecule is COc1cc(C(C)(C)C)c(O)c(P(=O)(c2cc(OC)cc(C(C)(C)C)c2O)N(C)C)c1. The maximum Gasteiger partial charge on any atom is 0.214 e. The lowest BCUT2D eigenvalue weighted by atomic mass is 9.86. The van der Waals surface area contributed by atoms with Crippen LogP contribution in [0.4, 0.5) is 0 Å². The number of ether oxygens (including phenoxy) is 2. The van der Waals surface area contributed by atoms with E-state index in [0.717, 1.165) is 0 Å². The van der Waals surface area contributed by atoms with Gasteiger partial charge >= 0.3 is 0 Å². The highest BCUT2D eigenvalue weighted by Gasteiger charge is 2.40. The third-order valence-electron chi connectivity index (χ3n) is 5.43. The summed E-state index contributed by atoms with van der Waals surface area (Å²) in [6.45, 7) is 11.8. The Kier molecular flexibility index (Phi) is 6.80. The summed E-state index contributed by atoms with van der Waals surface area (Å²) >= 11 is 0. The van der Waals surface area contributed by atoms with Crippen molar-refractivity contribution in [3.8, 4) is 23.0 Å². The molecule has 0 aliphatic rings. The Morgan fingerprint density at radius 3 is 1.29 bits per heavy atom. The molecule has 0 spiro atoms. The number of hydrogen-bond acceptors (Lipinski definition) is 5. The number of phenols is 2. The van der Waals surface area contributed by atoms with Crippen molar-refractivity contribution in [2.75, 3.05) is 28.3 Å². The molecule has 2 aromatic carbocycles. The fraction of sp³-hybridized carbons (Fsp3) is 0.500. The Morgan fingerprint density at radius 2 is 1.06 bits per heavy atom. The van der Waals surface area contributed by atoms with Gasteiger partial charge in [-0.1, -0.05) is 41.5 Å². The van der Waals surface area contributed by atoms with Gasteiger partial charge in [0.1, 0.15) is 23.0 Å². The lowest BCUT2D eigenvalue weighted by molar-refractivity contribution is 0.406. The van der Waals surface area contributed by atoms with Crippen molar-refractivity contribution in [3.63, 3.8) is 0 Å². The maximum absolute atomic E-state index is 14.7. The molecule has 0 aliphatic heterocycles. The number of benzene rings is 2. The van der Waals surface area contributed by atoms with E-state index in [1.54, 1.807) is 43.0 Å². The summed E-state index contributed by atoms with van der Waals surface area (Å²) in [5.41, 5.74) is 0.388. The molecule has 0 saturated heterocycles. The van der Waals surface area contributed by atoms with Crippen LogP contribution in [-0.2, 0) is 15.4 Å². The molecule has 2 rings (SSSR count). The number of nitrogens with zero attached hydrogens (tertiary/aromatic N) is 1. The van der Waals surface area contributed by atoms with Crippen molar-refractivity contribution < 1.29 is 24.3 Å². The van der Waals surface area contributed by atoms with Gasteiger partial charge in [0.15, 0.2) is 0 Å². The van der Waals surface area contributed by atoms with Gasteiger partial charge in [-0.15, -0.1) is 0 Å². The zero-order valence-corrected chi connectivity index (χ0v) is 21.2. The highest BCUT2D eigenvalue weighted by atomic mass is 31.2. The molecule has 2 aromatic rings. The van der Waals surface area contributed by atoms with Crippen LogP contribution in [0.5, 0.6) is 23.0 Å². The van der Waals surface area contributed by atoms with Gasteiger partial charge < -0.3 is 19.7 Å².